The molecule has 4 heterocycles. The molecule has 7 heteroatoms. The summed E-state index contributed by atoms with van der Waals surface area (Å²) < 4.78 is 14.6. The number of fused-ring (bicyclic) bond motifs is 2. The first-order valence-electron chi connectivity index (χ1n) is 15.0. The van der Waals surface area contributed by atoms with Crippen molar-refractivity contribution in [2.24, 2.45) is 0 Å². The van der Waals surface area contributed by atoms with Crippen LogP contribution in [0.1, 0.15) is 26.9 Å². The summed E-state index contributed by atoms with van der Waals surface area (Å²) in [5, 5.41) is 5.84. The molecule has 226 valence electrons. The van der Waals surface area contributed by atoms with E-state index in [1.165, 1.54) is 41.1 Å². The van der Waals surface area contributed by atoms with E-state index in [9.17, 15) is 0 Å². The standard InChI is InChI=1S/C25H23NOS.C12H13NOS.ClH/c1-3-9-19(10-4-1)25(20-11-5-2-6-12-20)26-16-22(17-26)27-18-23-15-21-13-7-8-14-24(21)28-23;1-2-4-12-9(3-1)5-11(15-12)8-14-10-6-13-7-10;/h1-15,22,25H,16-18H2;1-5,10,13H,6-8H2;1H. The van der Waals surface area contributed by atoms with Crippen LogP contribution in [0.3, 0.4) is 0 Å². The lowest BCUT2D eigenvalue weighted by Gasteiger charge is -2.44. The van der Waals surface area contributed by atoms with Gasteiger partial charge in [-0.3, -0.25) is 4.90 Å². The van der Waals surface area contributed by atoms with Crippen LogP contribution in [-0.4, -0.2) is 43.3 Å². The predicted molar refractivity (Wildman–Crippen MR) is 187 cm³/mol. The number of halogens is 1. The Morgan fingerprint density at radius 1 is 0.614 bits per heavy atom. The zero-order chi connectivity index (χ0) is 28.8. The molecule has 0 unspecified atom stereocenters. The van der Waals surface area contributed by atoms with Crippen molar-refractivity contribution in [2.45, 2.75) is 31.5 Å². The maximum absolute atomic E-state index is 6.21. The third kappa shape index (κ3) is 7.41. The van der Waals surface area contributed by atoms with Gasteiger partial charge in [0.25, 0.3) is 0 Å². The first-order valence-corrected chi connectivity index (χ1v) is 16.6. The van der Waals surface area contributed by atoms with Gasteiger partial charge in [-0.15, -0.1) is 35.1 Å². The second kappa shape index (κ2) is 14.8. The lowest BCUT2D eigenvalue weighted by atomic mass is 9.94. The number of rotatable bonds is 9. The van der Waals surface area contributed by atoms with E-state index in [4.69, 9.17) is 9.47 Å². The first-order chi connectivity index (χ1) is 21.3. The van der Waals surface area contributed by atoms with E-state index in [0.717, 1.165) is 32.8 Å². The average Bonchev–Trinajstić information content (AvgIpc) is 3.62. The molecular weight excluding hydrogens is 604 g/mol. The summed E-state index contributed by atoms with van der Waals surface area (Å²) in [5.74, 6) is 0. The number of thiophene rings is 2. The number of hydrogen-bond acceptors (Lipinski definition) is 6. The van der Waals surface area contributed by atoms with Gasteiger partial charge >= 0.3 is 0 Å². The summed E-state index contributed by atoms with van der Waals surface area (Å²) in [6, 6.07) is 43.4. The second-order valence-corrected chi connectivity index (χ2v) is 13.5. The van der Waals surface area contributed by atoms with E-state index in [2.05, 4.69) is 132 Å². The number of nitrogens with one attached hydrogen (secondary N) is 1. The summed E-state index contributed by atoms with van der Waals surface area (Å²) in [6.45, 7) is 5.42. The van der Waals surface area contributed by atoms with Crippen LogP contribution in [-0.2, 0) is 22.7 Å². The maximum Gasteiger partial charge on any atom is 0.0834 e. The Balaban J connectivity index is 0.000000181. The highest BCUT2D eigenvalue weighted by molar-refractivity contribution is 7.19. The Kier molecular flexibility index (Phi) is 10.4. The van der Waals surface area contributed by atoms with E-state index in [-0.39, 0.29) is 12.4 Å². The Bertz CT molecular complexity index is 1640. The third-order valence-electron chi connectivity index (χ3n) is 8.09. The van der Waals surface area contributed by atoms with Gasteiger partial charge in [0, 0.05) is 45.3 Å². The van der Waals surface area contributed by atoms with Crippen LogP contribution in [0.4, 0.5) is 0 Å². The Morgan fingerprint density at radius 2 is 1.07 bits per heavy atom. The smallest absolute Gasteiger partial charge is 0.0834 e. The summed E-state index contributed by atoms with van der Waals surface area (Å²) in [5.41, 5.74) is 2.69. The second-order valence-electron chi connectivity index (χ2n) is 11.2. The quantitative estimate of drug-likeness (QED) is 0.171. The molecule has 2 aliphatic heterocycles. The molecule has 2 aliphatic rings. The Morgan fingerprint density at radius 3 is 1.52 bits per heavy atom. The molecule has 44 heavy (non-hydrogen) atoms. The molecule has 2 aromatic heterocycles. The van der Waals surface area contributed by atoms with Crippen LogP contribution >= 0.6 is 35.1 Å². The van der Waals surface area contributed by atoms with Crippen molar-refractivity contribution in [2.75, 3.05) is 26.2 Å². The largest absolute Gasteiger partial charge is 0.370 e. The minimum absolute atomic E-state index is 0. The van der Waals surface area contributed by atoms with Gasteiger partial charge in [0.2, 0.25) is 0 Å². The van der Waals surface area contributed by atoms with E-state index in [0.29, 0.717) is 24.9 Å². The fourth-order valence-corrected chi connectivity index (χ4v) is 7.64. The number of benzene rings is 4. The Hall–Kier alpha value is -3.07. The van der Waals surface area contributed by atoms with Crippen LogP contribution < -0.4 is 5.32 Å². The molecule has 0 bridgehead atoms. The summed E-state index contributed by atoms with van der Waals surface area (Å²) in [6.07, 6.45) is 0.732. The van der Waals surface area contributed by atoms with Gasteiger partial charge in [0.05, 0.1) is 31.5 Å². The van der Waals surface area contributed by atoms with Gasteiger partial charge in [0.15, 0.2) is 0 Å². The number of likely N-dealkylation sites (tertiary alicyclic amines) is 1. The molecule has 8 rings (SSSR count). The highest BCUT2D eigenvalue weighted by Crippen LogP contribution is 2.34. The minimum atomic E-state index is 0. The van der Waals surface area contributed by atoms with Crippen molar-refractivity contribution in [1.82, 2.24) is 10.2 Å². The van der Waals surface area contributed by atoms with Crippen LogP contribution in [0.2, 0.25) is 0 Å². The molecule has 2 fully saturated rings. The SMILES string of the molecule is Cl.c1ccc(C(c2ccccc2)N2CC(OCc3cc4ccccc4s3)C2)cc1.c1ccc2sc(COC3CNC3)cc2c1. The number of hydrogen-bond donors (Lipinski definition) is 1. The minimum Gasteiger partial charge on any atom is -0.370 e. The van der Waals surface area contributed by atoms with E-state index in [1.54, 1.807) is 0 Å². The molecule has 2 saturated heterocycles. The fourth-order valence-electron chi connectivity index (χ4n) is 5.67. The lowest BCUT2D eigenvalue weighted by Crippen LogP contribution is -2.53. The molecule has 6 aromatic rings. The Labute approximate surface area is 273 Å². The molecular formula is C37H37ClN2O2S2. The zero-order valence-electron chi connectivity index (χ0n) is 24.5. The van der Waals surface area contributed by atoms with Crippen molar-refractivity contribution < 1.29 is 9.47 Å². The van der Waals surface area contributed by atoms with E-state index in [1.807, 2.05) is 22.7 Å². The molecule has 0 aliphatic carbocycles. The fraction of sp³-hybridized carbons (Fsp3) is 0.243. The molecule has 4 nitrogen and oxygen atoms in total. The molecule has 0 atom stereocenters. The van der Waals surface area contributed by atoms with Crippen molar-refractivity contribution in [3.8, 4) is 0 Å². The van der Waals surface area contributed by atoms with Gasteiger partial charge < -0.3 is 14.8 Å². The highest BCUT2D eigenvalue weighted by atomic mass is 35.5. The van der Waals surface area contributed by atoms with E-state index >= 15 is 0 Å². The molecule has 0 amide bonds. The van der Waals surface area contributed by atoms with Crippen molar-refractivity contribution in [3.63, 3.8) is 0 Å². The van der Waals surface area contributed by atoms with Gasteiger partial charge in [-0.2, -0.15) is 0 Å². The molecule has 0 saturated carbocycles. The van der Waals surface area contributed by atoms with Gasteiger partial charge in [-0.25, -0.2) is 0 Å². The van der Waals surface area contributed by atoms with Crippen molar-refractivity contribution >= 4 is 55.3 Å². The average molecular weight is 641 g/mol. The molecule has 0 spiro atoms. The number of ether oxygens (including phenoxy) is 2. The van der Waals surface area contributed by atoms with Crippen LogP contribution in [0.5, 0.6) is 0 Å². The normalized spacial score (nSPS) is 15.4. The highest BCUT2D eigenvalue weighted by Gasteiger charge is 2.34. The number of nitrogens with zero attached hydrogens (tertiary/aromatic N) is 1. The van der Waals surface area contributed by atoms with Gasteiger partial charge in [0.1, 0.15) is 0 Å². The molecule has 4 aromatic carbocycles. The summed E-state index contributed by atoms with van der Waals surface area (Å²) >= 11 is 3.66. The first kappa shape index (κ1) is 30.9. The monoisotopic (exact) mass is 640 g/mol. The lowest BCUT2D eigenvalue weighted by molar-refractivity contribution is -0.0733. The summed E-state index contributed by atoms with van der Waals surface area (Å²) in [7, 11) is 0. The molecule has 1 N–H and O–H groups in total. The van der Waals surface area contributed by atoms with Gasteiger partial charge in [-0.1, -0.05) is 97.1 Å². The zero-order valence-corrected chi connectivity index (χ0v) is 27.0. The van der Waals surface area contributed by atoms with Crippen LogP contribution in [0, 0.1) is 0 Å². The van der Waals surface area contributed by atoms with Crippen molar-refractivity contribution in [3.05, 3.63) is 142 Å². The van der Waals surface area contributed by atoms with Crippen LogP contribution in [0.25, 0.3) is 20.2 Å². The predicted octanol–water partition coefficient (Wildman–Crippen LogP) is 8.70. The maximum atomic E-state index is 6.21. The molecule has 0 radical (unpaired) electrons. The van der Waals surface area contributed by atoms with E-state index < -0.39 is 0 Å². The van der Waals surface area contributed by atoms with Crippen molar-refractivity contribution in [1.29, 1.82) is 0 Å². The summed E-state index contributed by atoms with van der Waals surface area (Å²) in [4.78, 5) is 5.14. The van der Waals surface area contributed by atoms with Crippen LogP contribution in [0.15, 0.2) is 121 Å². The van der Waals surface area contributed by atoms with Gasteiger partial charge in [-0.05, 0) is 46.2 Å². The third-order valence-corrected chi connectivity index (χ3v) is 10.3. The topological polar surface area (TPSA) is 33.7 Å².